The van der Waals surface area contributed by atoms with Gasteiger partial charge in [-0.2, -0.15) is 0 Å². The van der Waals surface area contributed by atoms with Gasteiger partial charge in [-0.3, -0.25) is 0 Å². The van der Waals surface area contributed by atoms with Crippen LogP contribution in [0.1, 0.15) is 4.88 Å². The van der Waals surface area contributed by atoms with Gasteiger partial charge in [-0.1, -0.05) is 6.07 Å². The largest absolute Gasteiger partial charge is 0.380 e. The number of hydrogen-bond donors (Lipinski definition) is 2. The maximum Gasteiger partial charge on any atom is 0.0569 e. The molecule has 1 fully saturated rings. The van der Waals surface area contributed by atoms with Gasteiger partial charge < -0.3 is 15.8 Å². The normalized spacial score (nSPS) is 19.2. The number of rotatable bonds is 5. The van der Waals surface area contributed by atoms with Gasteiger partial charge in [-0.25, -0.2) is 0 Å². The van der Waals surface area contributed by atoms with Gasteiger partial charge in [0.1, 0.15) is 0 Å². The molecule has 0 bridgehead atoms. The van der Waals surface area contributed by atoms with Crippen LogP contribution in [0, 0.1) is 5.41 Å². The summed E-state index contributed by atoms with van der Waals surface area (Å²) in [5, 5.41) is 5.53. The third kappa shape index (κ3) is 2.15. The van der Waals surface area contributed by atoms with Crippen molar-refractivity contribution in [3.8, 4) is 0 Å². The van der Waals surface area contributed by atoms with Gasteiger partial charge in [0.15, 0.2) is 0 Å². The van der Waals surface area contributed by atoms with E-state index in [1.807, 2.05) is 0 Å². The van der Waals surface area contributed by atoms with Crippen molar-refractivity contribution in [2.75, 3.05) is 26.3 Å². The molecular weight excluding hydrogens is 196 g/mol. The molecule has 0 amide bonds. The molecule has 1 aliphatic rings. The van der Waals surface area contributed by atoms with Crippen molar-refractivity contribution in [1.82, 2.24) is 5.32 Å². The first-order valence-electron chi connectivity index (χ1n) is 4.86. The van der Waals surface area contributed by atoms with Crippen molar-refractivity contribution in [2.45, 2.75) is 6.54 Å². The number of ether oxygens (including phenoxy) is 1. The van der Waals surface area contributed by atoms with Crippen LogP contribution in [-0.2, 0) is 11.3 Å². The monoisotopic (exact) mass is 212 g/mol. The Bertz CT molecular complexity index is 264. The Kier molecular flexibility index (Phi) is 3.18. The van der Waals surface area contributed by atoms with Crippen molar-refractivity contribution < 1.29 is 4.74 Å². The predicted octanol–water partition coefficient (Wildman–Crippen LogP) is 0.813. The van der Waals surface area contributed by atoms with Crippen LogP contribution in [0.3, 0.4) is 0 Å². The first-order chi connectivity index (χ1) is 6.85. The second-order valence-corrected chi connectivity index (χ2v) is 4.91. The minimum Gasteiger partial charge on any atom is -0.380 e. The van der Waals surface area contributed by atoms with Crippen molar-refractivity contribution in [3.63, 3.8) is 0 Å². The molecule has 0 spiro atoms. The van der Waals surface area contributed by atoms with Crippen molar-refractivity contribution in [1.29, 1.82) is 0 Å². The Morgan fingerprint density at radius 2 is 2.43 bits per heavy atom. The summed E-state index contributed by atoms with van der Waals surface area (Å²) in [4.78, 5) is 1.37. The summed E-state index contributed by atoms with van der Waals surface area (Å²) in [5.74, 6) is 0. The standard InChI is InChI=1S/C10H16N2OS/c11-5-10(7-13-8-10)6-12-4-9-2-1-3-14-9/h1-3,12H,4-8,11H2. The minimum atomic E-state index is 0.206. The molecule has 2 heterocycles. The highest BCUT2D eigenvalue weighted by atomic mass is 32.1. The summed E-state index contributed by atoms with van der Waals surface area (Å²) in [6.07, 6.45) is 0. The van der Waals surface area contributed by atoms with Gasteiger partial charge in [-0.15, -0.1) is 11.3 Å². The third-order valence-corrected chi connectivity index (χ3v) is 3.51. The second kappa shape index (κ2) is 4.40. The number of nitrogens with two attached hydrogens (primary N) is 1. The molecular formula is C10H16N2OS. The van der Waals surface area contributed by atoms with E-state index in [0.717, 1.165) is 26.3 Å². The Morgan fingerprint density at radius 3 is 2.93 bits per heavy atom. The van der Waals surface area contributed by atoms with Crippen LogP contribution >= 0.6 is 11.3 Å². The fourth-order valence-electron chi connectivity index (χ4n) is 1.55. The SMILES string of the molecule is NCC1(CNCc2cccs2)COC1. The molecule has 0 saturated carbocycles. The Balaban J connectivity index is 1.72. The van der Waals surface area contributed by atoms with E-state index in [1.54, 1.807) is 11.3 Å². The third-order valence-electron chi connectivity index (χ3n) is 2.63. The summed E-state index contributed by atoms with van der Waals surface area (Å²) in [5.41, 5.74) is 5.92. The van der Waals surface area contributed by atoms with Gasteiger partial charge in [0, 0.05) is 29.9 Å². The summed E-state index contributed by atoms with van der Waals surface area (Å²) in [7, 11) is 0. The molecule has 78 valence electrons. The zero-order chi connectivity index (χ0) is 9.86. The number of thiophene rings is 1. The minimum absolute atomic E-state index is 0.206. The highest BCUT2D eigenvalue weighted by Crippen LogP contribution is 2.24. The van der Waals surface area contributed by atoms with Crippen LogP contribution in [-0.4, -0.2) is 26.3 Å². The van der Waals surface area contributed by atoms with E-state index >= 15 is 0 Å². The van der Waals surface area contributed by atoms with Gasteiger partial charge in [0.25, 0.3) is 0 Å². The first-order valence-corrected chi connectivity index (χ1v) is 5.74. The molecule has 0 aromatic carbocycles. The molecule has 0 unspecified atom stereocenters. The topological polar surface area (TPSA) is 47.3 Å². The summed E-state index contributed by atoms with van der Waals surface area (Å²) in [6.45, 7) is 4.23. The summed E-state index contributed by atoms with van der Waals surface area (Å²) >= 11 is 1.78. The van der Waals surface area contributed by atoms with Crippen LogP contribution in [0.5, 0.6) is 0 Å². The quantitative estimate of drug-likeness (QED) is 0.759. The fourth-order valence-corrected chi connectivity index (χ4v) is 2.22. The lowest BCUT2D eigenvalue weighted by molar-refractivity contribution is -0.105. The second-order valence-electron chi connectivity index (χ2n) is 3.88. The van der Waals surface area contributed by atoms with E-state index in [4.69, 9.17) is 10.5 Å². The number of hydrogen-bond acceptors (Lipinski definition) is 4. The smallest absolute Gasteiger partial charge is 0.0569 e. The van der Waals surface area contributed by atoms with Gasteiger partial charge in [0.05, 0.1) is 13.2 Å². The molecule has 1 saturated heterocycles. The van der Waals surface area contributed by atoms with E-state index in [2.05, 4.69) is 22.8 Å². The Hall–Kier alpha value is -0.420. The van der Waals surface area contributed by atoms with Crippen LogP contribution in [0.2, 0.25) is 0 Å². The van der Waals surface area contributed by atoms with Crippen LogP contribution in [0.25, 0.3) is 0 Å². The molecule has 1 aromatic rings. The Labute approximate surface area is 88.3 Å². The lowest BCUT2D eigenvalue weighted by atomic mass is 9.86. The van der Waals surface area contributed by atoms with E-state index in [-0.39, 0.29) is 5.41 Å². The van der Waals surface area contributed by atoms with Crippen molar-refractivity contribution in [3.05, 3.63) is 22.4 Å². The van der Waals surface area contributed by atoms with Gasteiger partial charge in [-0.05, 0) is 11.4 Å². The molecule has 1 aliphatic heterocycles. The summed E-state index contributed by atoms with van der Waals surface area (Å²) < 4.78 is 5.20. The zero-order valence-corrected chi connectivity index (χ0v) is 8.98. The lowest BCUT2D eigenvalue weighted by Crippen LogP contribution is -2.54. The van der Waals surface area contributed by atoms with Crippen molar-refractivity contribution >= 4 is 11.3 Å². The molecule has 1 aromatic heterocycles. The average molecular weight is 212 g/mol. The van der Waals surface area contributed by atoms with E-state index in [9.17, 15) is 0 Å². The predicted molar refractivity (Wildman–Crippen MR) is 58.3 cm³/mol. The van der Waals surface area contributed by atoms with E-state index in [0.29, 0.717) is 6.54 Å². The molecule has 3 nitrogen and oxygen atoms in total. The van der Waals surface area contributed by atoms with E-state index in [1.165, 1.54) is 4.88 Å². The average Bonchev–Trinajstić information content (AvgIpc) is 2.62. The fraction of sp³-hybridized carbons (Fsp3) is 0.600. The molecule has 4 heteroatoms. The molecule has 0 atom stereocenters. The van der Waals surface area contributed by atoms with Gasteiger partial charge in [0.2, 0.25) is 0 Å². The van der Waals surface area contributed by atoms with Gasteiger partial charge >= 0.3 is 0 Å². The van der Waals surface area contributed by atoms with Crippen LogP contribution in [0.4, 0.5) is 0 Å². The molecule has 0 radical (unpaired) electrons. The lowest BCUT2D eigenvalue weighted by Gasteiger charge is -2.40. The maximum absolute atomic E-state index is 5.71. The molecule has 14 heavy (non-hydrogen) atoms. The first kappa shape index (κ1) is 10.1. The Morgan fingerprint density at radius 1 is 1.57 bits per heavy atom. The number of nitrogens with one attached hydrogen (secondary N) is 1. The van der Waals surface area contributed by atoms with Crippen LogP contribution < -0.4 is 11.1 Å². The zero-order valence-electron chi connectivity index (χ0n) is 8.16. The maximum atomic E-state index is 5.71. The molecule has 3 N–H and O–H groups in total. The van der Waals surface area contributed by atoms with Crippen molar-refractivity contribution in [2.24, 2.45) is 11.1 Å². The molecule has 0 aliphatic carbocycles. The highest BCUT2D eigenvalue weighted by molar-refractivity contribution is 7.09. The summed E-state index contributed by atoms with van der Waals surface area (Å²) in [6, 6.07) is 4.22. The molecule has 2 rings (SSSR count). The van der Waals surface area contributed by atoms with E-state index < -0.39 is 0 Å². The highest BCUT2D eigenvalue weighted by Gasteiger charge is 2.36. The van der Waals surface area contributed by atoms with Crippen LogP contribution in [0.15, 0.2) is 17.5 Å².